The number of carbonyl (C=O) groups is 3. The summed E-state index contributed by atoms with van der Waals surface area (Å²) in [5.41, 5.74) is -1.16. The van der Waals surface area contributed by atoms with Crippen LogP contribution in [0.25, 0.3) is 0 Å². The number of allylic oxidation sites excluding steroid dienone is 1. The van der Waals surface area contributed by atoms with Crippen LogP contribution in [-0.2, 0) is 23.9 Å². The number of esters is 1. The summed E-state index contributed by atoms with van der Waals surface area (Å²) < 4.78 is 11.1. The third-order valence-electron chi connectivity index (χ3n) is 9.42. The lowest BCUT2D eigenvalue weighted by molar-refractivity contribution is -0.151. The van der Waals surface area contributed by atoms with Crippen LogP contribution in [0.3, 0.4) is 0 Å². The van der Waals surface area contributed by atoms with Crippen LogP contribution in [0, 0.1) is 22.7 Å². The second kappa shape index (κ2) is 9.07. The maximum Gasteiger partial charge on any atom is 0.309 e. The minimum absolute atomic E-state index is 0.0278. The van der Waals surface area contributed by atoms with E-state index in [1.165, 1.54) is 19.4 Å². The van der Waals surface area contributed by atoms with Gasteiger partial charge in [0.25, 0.3) is 0 Å². The molecule has 8 heteroatoms. The van der Waals surface area contributed by atoms with Crippen molar-refractivity contribution in [2.45, 2.75) is 102 Å². The SMILES string of the molecule is C=C1CC[C@H]2C(C)(C)CCC[C@]2(C)[C@H]1C[C@@]12O[C@@H]1[C@H](O)C(COC(=O)C[C@@](C)(O)CC(=O)O)=CC2=O. The van der Waals surface area contributed by atoms with Crippen molar-refractivity contribution in [3.63, 3.8) is 0 Å². The van der Waals surface area contributed by atoms with Crippen molar-refractivity contribution in [3.05, 3.63) is 23.8 Å². The van der Waals surface area contributed by atoms with Crippen LogP contribution in [0.2, 0.25) is 0 Å². The molecule has 0 spiro atoms. The van der Waals surface area contributed by atoms with E-state index in [-0.39, 0.29) is 34.7 Å². The molecule has 0 amide bonds. The second-order valence-electron chi connectivity index (χ2n) is 12.7. The predicted molar refractivity (Wildman–Crippen MR) is 131 cm³/mol. The molecule has 3 fully saturated rings. The number of fused-ring (bicyclic) bond motifs is 2. The third kappa shape index (κ3) is 4.79. The van der Waals surface area contributed by atoms with Crippen molar-refractivity contribution in [2.24, 2.45) is 22.7 Å². The van der Waals surface area contributed by atoms with Crippen LogP contribution in [0.1, 0.15) is 79.1 Å². The molecule has 2 saturated carbocycles. The van der Waals surface area contributed by atoms with Gasteiger partial charge in [0.05, 0.1) is 18.4 Å². The number of epoxide rings is 1. The van der Waals surface area contributed by atoms with Gasteiger partial charge in [-0.1, -0.05) is 39.3 Å². The lowest BCUT2D eigenvalue weighted by atomic mass is 9.46. The maximum atomic E-state index is 13.3. The first-order chi connectivity index (χ1) is 16.6. The summed E-state index contributed by atoms with van der Waals surface area (Å²) in [5.74, 6) is -1.61. The average Bonchev–Trinajstić information content (AvgIpc) is 3.47. The monoisotopic (exact) mass is 504 g/mol. The predicted octanol–water partition coefficient (Wildman–Crippen LogP) is 3.34. The molecule has 0 aromatic carbocycles. The lowest BCUT2D eigenvalue weighted by Gasteiger charge is -2.58. The van der Waals surface area contributed by atoms with E-state index in [1.54, 1.807) is 0 Å². The molecule has 0 aromatic rings. The second-order valence-corrected chi connectivity index (χ2v) is 12.7. The molecule has 1 heterocycles. The third-order valence-corrected chi connectivity index (χ3v) is 9.42. The quantitative estimate of drug-likeness (QED) is 0.260. The van der Waals surface area contributed by atoms with Gasteiger partial charge in [-0.05, 0) is 67.8 Å². The van der Waals surface area contributed by atoms with Crippen molar-refractivity contribution >= 4 is 17.7 Å². The first kappa shape index (κ1) is 27.0. The van der Waals surface area contributed by atoms with Crippen LogP contribution in [0.4, 0.5) is 0 Å². The van der Waals surface area contributed by atoms with Crippen LogP contribution >= 0.6 is 0 Å². The fraction of sp³-hybridized carbons (Fsp3) is 0.750. The van der Waals surface area contributed by atoms with E-state index >= 15 is 0 Å². The fourth-order valence-electron chi connectivity index (χ4n) is 7.54. The van der Waals surface area contributed by atoms with E-state index in [0.29, 0.717) is 12.3 Å². The molecule has 200 valence electrons. The molecule has 0 radical (unpaired) electrons. The van der Waals surface area contributed by atoms with Crippen molar-refractivity contribution in [1.29, 1.82) is 0 Å². The van der Waals surface area contributed by atoms with Gasteiger partial charge in [-0.15, -0.1) is 0 Å². The Kier molecular flexibility index (Phi) is 6.80. The Bertz CT molecular complexity index is 994. The zero-order chi connectivity index (χ0) is 26.7. The van der Waals surface area contributed by atoms with Gasteiger partial charge in [-0.25, -0.2) is 0 Å². The van der Waals surface area contributed by atoms with Crippen LogP contribution in [0.15, 0.2) is 23.8 Å². The number of ketones is 1. The summed E-state index contributed by atoms with van der Waals surface area (Å²) >= 11 is 0. The normalized spacial score (nSPS) is 38.8. The van der Waals surface area contributed by atoms with Crippen molar-refractivity contribution in [2.75, 3.05) is 6.61 Å². The highest BCUT2D eigenvalue weighted by Gasteiger charge is 2.69. The Labute approximate surface area is 212 Å². The summed E-state index contributed by atoms with van der Waals surface area (Å²) in [6.07, 6.45) is 4.42. The largest absolute Gasteiger partial charge is 0.481 e. The maximum absolute atomic E-state index is 13.3. The zero-order valence-electron chi connectivity index (χ0n) is 21.8. The molecule has 0 unspecified atom stereocenters. The number of carboxylic acids is 1. The summed E-state index contributed by atoms with van der Waals surface area (Å²) in [6.45, 7) is 12.3. The minimum atomic E-state index is -1.75. The number of hydrogen-bond donors (Lipinski definition) is 3. The first-order valence-corrected chi connectivity index (χ1v) is 13.0. The van der Waals surface area contributed by atoms with Gasteiger partial charge in [0.1, 0.15) is 18.8 Å². The van der Waals surface area contributed by atoms with Gasteiger partial charge in [-0.2, -0.15) is 0 Å². The van der Waals surface area contributed by atoms with E-state index < -0.39 is 48.2 Å². The molecule has 4 rings (SSSR count). The number of hydrogen-bond acceptors (Lipinski definition) is 7. The standard InChI is InChI=1S/C28H40O8/c1-16-7-8-19-25(2,3)9-6-10-27(19,5)18(16)12-28-20(29)11-17(23(33)24(28)36-28)15-35-22(32)14-26(4,34)13-21(30)31/h11,18-19,23-24,33-34H,1,6-10,12-15H2,2-5H3,(H,30,31)/t18-,19-,23+,24+,26-,27+,28-/m0/s1. The molecule has 8 nitrogen and oxygen atoms in total. The van der Waals surface area contributed by atoms with Gasteiger partial charge in [0, 0.05) is 5.57 Å². The van der Waals surface area contributed by atoms with Crippen molar-refractivity contribution < 1.29 is 39.2 Å². The zero-order valence-corrected chi connectivity index (χ0v) is 21.8. The minimum Gasteiger partial charge on any atom is -0.481 e. The number of carbonyl (C=O) groups excluding carboxylic acids is 2. The first-order valence-electron chi connectivity index (χ1n) is 13.0. The Morgan fingerprint density at radius 2 is 1.94 bits per heavy atom. The topological polar surface area (TPSA) is 134 Å². The van der Waals surface area contributed by atoms with Gasteiger partial charge in [-0.3, -0.25) is 14.4 Å². The highest BCUT2D eigenvalue weighted by atomic mass is 16.6. The Morgan fingerprint density at radius 3 is 2.61 bits per heavy atom. The Balaban J connectivity index is 1.44. The molecule has 7 atom stereocenters. The molecule has 0 bridgehead atoms. The number of rotatable bonds is 8. The summed E-state index contributed by atoms with van der Waals surface area (Å²) in [7, 11) is 0. The molecule has 0 aromatic heterocycles. The van der Waals surface area contributed by atoms with Gasteiger partial charge in [0.15, 0.2) is 11.4 Å². The van der Waals surface area contributed by atoms with Gasteiger partial charge < -0.3 is 24.8 Å². The summed E-state index contributed by atoms with van der Waals surface area (Å²) in [4.78, 5) is 36.3. The number of aliphatic hydroxyl groups is 2. The van der Waals surface area contributed by atoms with E-state index in [0.717, 1.165) is 31.3 Å². The highest BCUT2D eigenvalue weighted by molar-refractivity contribution is 6.02. The van der Waals surface area contributed by atoms with E-state index in [4.69, 9.17) is 14.6 Å². The molecule has 1 saturated heterocycles. The van der Waals surface area contributed by atoms with Crippen LogP contribution < -0.4 is 0 Å². The van der Waals surface area contributed by atoms with Crippen LogP contribution in [-0.4, -0.2) is 63.1 Å². The smallest absolute Gasteiger partial charge is 0.309 e. The fourth-order valence-corrected chi connectivity index (χ4v) is 7.54. The number of aliphatic hydroxyl groups excluding tert-OH is 1. The molecular formula is C28H40O8. The molecule has 36 heavy (non-hydrogen) atoms. The van der Waals surface area contributed by atoms with E-state index in [9.17, 15) is 24.6 Å². The van der Waals surface area contributed by atoms with Gasteiger partial charge in [0.2, 0.25) is 0 Å². The molecule has 1 aliphatic heterocycles. The van der Waals surface area contributed by atoms with Gasteiger partial charge >= 0.3 is 11.9 Å². The van der Waals surface area contributed by atoms with E-state index in [1.807, 2.05) is 0 Å². The molecular weight excluding hydrogens is 464 g/mol. The average molecular weight is 505 g/mol. The summed E-state index contributed by atoms with van der Waals surface area (Å²) in [5, 5.41) is 29.8. The Hall–Kier alpha value is -2.03. The molecule has 3 aliphatic carbocycles. The summed E-state index contributed by atoms with van der Waals surface area (Å²) in [6, 6.07) is 0. The highest BCUT2D eigenvalue weighted by Crippen LogP contribution is 2.64. The Morgan fingerprint density at radius 1 is 1.25 bits per heavy atom. The number of carboxylic acid groups (broad SMARTS) is 1. The number of aliphatic carboxylic acids is 1. The number of ether oxygens (including phenoxy) is 2. The lowest BCUT2D eigenvalue weighted by Crippen LogP contribution is -2.51. The van der Waals surface area contributed by atoms with Crippen LogP contribution in [0.5, 0.6) is 0 Å². The van der Waals surface area contributed by atoms with Crippen molar-refractivity contribution in [1.82, 2.24) is 0 Å². The van der Waals surface area contributed by atoms with E-state index in [2.05, 4.69) is 27.4 Å². The van der Waals surface area contributed by atoms with Crippen molar-refractivity contribution in [3.8, 4) is 0 Å². The molecule has 3 N–H and O–H groups in total. The molecule has 4 aliphatic rings.